The predicted molar refractivity (Wildman–Crippen MR) is 93.4 cm³/mol. The molecule has 1 aromatic carbocycles. The van der Waals surface area contributed by atoms with Crippen molar-refractivity contribution in [2.75, 3.05) is 13.1 Å². The Morgan fingerprint density at radius 1 is 1.08 bits per heavy atom. The van der Waals surface area contributed by atoms with E-state index in [0.717, 1.165) is 4.57 Å². The van der Waals surface area contributed by atoms with Crippen LogP contribution in [0.5, 0.6) is 0 Å². The summed E-state index contributed by atoms with van der Waals surface area (Å²) in [6.07, 6.45) is 1.33. The molecule has 0 aliphatic rings. The lowest BCUT2D eigenvalue weighted by atomic mass is 10.0. The van der Waals surface area contributed by atoms with Crippen LogP contribution in [0.15, 0.2) is 53.5 Å². The molecule has 2 aromatic rings. The quantitative estimate of drug-likeness (QED) is 0.597. The van der Waals surface area contributed by atoms with E-state index in [4.69, 9.17) is 11.6 Å². The van der Waals surface area contributed by atoms with Crippen LogP contribution in [0.25, 0.3) is 0 Å². The third-order valence-electron chi connectivity index (χ3n) is 3.80. The zero-order chi connectivity index (χ0) is 17.7. The summed E-state index contributed by atoms with van der Waals surface area (Å²) < 4.78 is 1.11. The highest BCUT2D eigenvalue weighted by molar-refractivity contribution is 6.30. The topological polar surface area (TPSA) is 59.4 Å². The Balaban J connectivity index is 2.57. The van der Waals surface area contributed by atoms with Gasteiger partial charge in [0.25, 0.3) is 11.5 Å². The molecule has 1 atom stereocenters. The Morgan fingerprint density at radius 2 is 1.71 bits per heavy atom. The van der Waals surface area contributed by atoms with Crippen LogP contribution in [0.1, 0.15) is 30.2 Å². The van der Waals surface area contributed by atoms with Crippen LogP contribution in [-0.4, -0.2) is 34.2 Å². The van der Waals surface area contributed by atoms with Crippen LogP contribution in [0.3, 0.4) is 0 Å². The lowest BCUT2D eigenvalue weighted by molar-refractivity contribution is -0.133. The number of halogens is 1. The summed E-state index contributed by atoms with van der Waals surface area (Å²) in [4.78, 5) is 39.6. The second kappa shape index (κ2) is 7.93. The normalized spacial score (nSPS) is 11.8. The molecule has 0 radical (unpaired) electrons. The Bertz CT molecular complexity index is 782. The number of carbonyl (C=O) groups excluding carboxylic acids is 2. The number of amides is 1. The third-order valence-corrected chi connectivity index (χ3v) is 4.02. The monoisotopic (exact) mass is 346 g/mol. The number of benzene rings is 1. The van der Waals surface area contributed by atoms with Gasteiger partial charge in [0.05, 0.1) is 5.02 Å². The van der Waals surface area contributed by atoms with E-state index in [9.17, 15) is 14.4 Å². The fourth-order valence-electron chi connectivity index (χ4n) is 2.50. The standard InChI is InChI=1S/C18H19ClN2O3/c1-3-20(4-2)18(24)16(17(23)13-8-6-5-7-9-13)21-12-14(19)10-11-15(21)22/h5-12,16H,3-4H2,1-2H3/t16-/m1/s1. The SMILES string of the molecule is CCN(CC)C(=O)[C@@H](C(=O)c1ccccc1)n1cc(Cl)ccc1=O. The molecule has 0 saturated heterocycles. The maximum atomic E-state index is 12.9. The van der Waals surface area contributed by atoms with Crippen molar-refractivity contribution in [2.24, 2.45) is 0 Å². The van der Waals surface area contributed by atoms with E-state index in [0.29, 0.717) is 18.7 Å². The molecule has 0 saturated carbocycles. The minimum absolute atomic E-state index is 0.285. The van der Waals surface area contributed by atoms with E-state index in [-0.39, 0.29) is 5.02 Å². The van der Waals surface area contributed by atoms with E-state index in [1.54, 1.807) is 30.3 Å². The molecule has 0 fully saturated rings. The molecule has 0 spiro atoms. The van der Waals surface area contributed by atoms with Crippen LogP contribution in [-0.2, 0) is 4.79 Å². The molecule has 1 heterocycles. The first-order valence-corrected chi connectivity index (χ1v) is 8.13. The van der Waals surface area contributed by atoms with Gasteiger partial charge >= 0.3 is 0 Å². The van der Waals surface area contributed by atoms with Crippen molar-refractivity contribution in [1.29, 1.82) is 0 Å². The second-order valence-electron chi connectivity index (χ2n) is 5.24. The van der Waals surface area contributed by atoms with Crippen molar-refractivity contribution in [1.82, 2.24) is 9.47 Å². The van der Waals surface area contributed by atoms with Gasteiger partial charge < -0.3 is 4.90 Å². The summed E-state index contributed by atoms with van der Waals surface area (Å²) in [6, 6.07) is 9.89. The van der Waals surface area contributed by atoms with E-state index < -0.39 is 23.3 Å². The van der Waals surface area contributed by atoms with Gasteiger partial charge in [-0.1, -0.05) is 41.9 Å². The smallest absolute Gasteiger partial charge is 0.253 e. The summed E-state index contributed by atoms with van der Waals surface area (Å²) in [5, 5.41) is 0.285. The fourth-order valence-corrected chi connectivity index (χ4v) is 2.67. The van der Waals surface area contributed by atoms with Gasteiger partial charge in [-0.05, 0) is 19.9 Å². The van der Waals surface area contributed by atoms with Crippen LogP contribution >= 0.6 is 11.6 Å². The molecule has 0 unspecified atom stereocenters. The third kappa shape index (κ3) is 3.74. The number of carbonyl (C=O) groups is 2. The summed E-state index contributed by atoms with van der Waals surface area (Å²) in [7, 11) is 0. The Hall–Kier alpha value is -2.40. The van der Waals surface area contributed by atoms with Crippen LogP contribution < -0.4 is 5.56 Å². The molecule has 1 aromatic heterocycles. The second-order valence-corrected chi connectivity index (χ2v) is 5.67. The molecule has 6 heteroatoms. The first-order valence-electron chi connectivity index (χ1n) is 7.75. The average Bonchev–Trinajstić information content (AvgIpc) is 2.60. The van der Waals surface area contributed by atoms with Gasteiger partial charge in [0, 0.05) is 30.9 Å². The average molecular weight is 347 g/mol. The fraction of sp³-hybridized carbons (Fsp3) is 0.278. The first kappa shape index (κ1) is 17.9. The van der Waals surface area contributed by atoms with Crippen molar-refractivity contribution in [2.45, 2.75) is 19.9 Å². The number of hydrogen-bond acceptors (Lipinski definition) is 3. The zero-order valence-electron chi connectivity index (χ0n) is 13.6. The van der Waals surface area contributed by atoms with Crippen LogP contribution in [0.4, 0.5) is 0 Å². The minimum atomic E-state index is -1.27. The van der Waals surface area contributed by atoms with Crippen molar-refractivity contribution in [3.8, 4) is 0 Å². The van der Waals surface area contributed by atoms with E-state index in [1.807, 2.05) is 13.8 Å². The number of rotatable bonds is 6. The van der Waals surface area contributed by atoms with Gasteiger partial charge in [-0.2, -0.15) is 0 Å². The van der Waals surface area contributed by atoms with Crippen molar-refractivity contribution in [3.63, 3.8) is 0 Å². The van der Waals surface area contributed by atoms with Gasteiger partial charge in [-0.3, -0.25) is 19.0 Å². The van der Waals surface area contributed by atoms with Crippen LogP contribution in [0.2, 0.25) is 5.02 Å². The van der Waals surface area contributed by atoms with Gasteiger partial charge in [-0.15, -0.1) is 0 Å². The molecule has 0 aliphatic carbocycles. The van der Waals surface area contributed by atoms with Crippen molar-refractivity contribution < 1.29 is 9.59 Å². The van der Waals surface area contributed by atoms with Crippen LogP contribution in [0, 0.1) is 0 Å². The maximum absolute atomic E-state index is 12.9. The molecule has 2 rings (SSSR count). The highest BCUT2D eigenvalue weighted by atomic mass is 35.5. The zero-order valence-corrected chi connectivity index (χ0v) is 14.4. The lowest BCUT2D eigenvalue weighted by Crippen LogP contribution is -2.43. The molecular formula is C18H19ClN2O3. The molecule has 0 aliphatic heterocycles. The molecular weight excluding hydrogens is 328 g/mol. The number of ketones is 1. The van der Waals surface area contributed by atoms with Crippen molar-refractivity contribution >= 4 is 23.3 Å². The van der Waals surface area contributed by atoms with E-state index in [1.165, 1.54) is 23.2 Å². The number of hydrogen-bond donors (Lipinski definition) is 0. The largest absolute Gasteiger partial charge is 0.341 e. The minimum Gasteiger partial charge on any atom is -0.341 e. The number of pyridine rings is 1. The number of Topliss-reactive ketones (excluding diaryl/α,β-unsaturated/α-hetero) is 1. The summed E-state index contributed by atoms with van der Waals surface area (Å²) in [6.45, 7) is 4.55. The first-order chi connectivity index (χ1) is 11.5. The highest BCUT2D eigenvalue weighted by Gasteiger charge is 2.32. The van der Waals surface area contributed by atoms with Gasteiger partial charge in [0.1, 0.15) is 0 Å². The molecule has 24 heavy (non-hydrogen) atoms. The van der Waals surface area contributed by atoms with Gasteiger partial charge in [-0.25, -0.2) is 0 Å². The molecule has 0 N–H and O–H groups in total. The summed E-state index contributed by atoms with van der Waals surface area (Å²) >= 11 is 5.97. The maximum Gasteiger partial charge on any atom is 0.253 e. The molecule has 0 bridgehead atoms. The predicted octanol–water partition coefficient (Wildman–Crippen LogP) is 2.79. The summed E-state index contributed by atoms with van der Waals surface area (Å²) in [5.74, 6) is -0.852. The molecule has 126 valence electrons. The summed E-state index contributed by atoms with van der Waals surface area (Å²) in [5.41, 5.74) is -0.0796. The Labute approximate surface area is 145 Å². The number of nitrogens with zero attached hydrogens (tertiary/aromatic N) is 2. The lowest BCUT2D eigenvalue weighted by Gasteiger charge is -2.25. The number of likely N-dealkylation sites (N-methyl/N-ethyl adjacent to an activating group) is 1. The Kier molecular flexibility index (Phi) is 5.93. The highest BCUT2D eigenvalue weighted by Crippen LogP contribution is 2.18. The Morgan fingerprint density at radius 3 is 2.29 bits per heavy atom. The molecule has 1 amide bonds. The van der Waals surface area contributed by atoms with Gasteiger partial charge in [0.2, 0.25) is 0 Å². The van der Waals surface area contributed by atoms with Crippen molar-refractivity contribution in [3.05, 3.63) is 69.6 Å². The number of aromatic nitrogens is 1. The van der Waals surface area contributed by atoms with E-state index >= 15 is 0 Å². The van der Waals surface area contributed by atoms with E-state index in [2.05, 4.69) is 0 Å². The molecule has 5 nitrogen and oxygen atoms in total. The van der Waals surface area contributed by atoms with Gasteiger partial charge in [0.15, 0.2) is 11.8 Å².